The molecule has 7 heteroatoms. The Morgan fingerprint density at radius 3 is 2.55 bits per heavy atom. The number of methoxy groups -OCH3 is 1. The standard InChI is InChI=1S/C26H33N3O3S/c1-28(2)33(30,31)22-14-16-26(32-3)23(18-22)24-15-13-21(27-24)19-29-17-9-5-8-12-25(29)20-10-6-4-7-11-20/h4,6-7,10-11,13-16,18,25,27H,5,8-9,12,17,19H2,1-3H3/t25-/m1/s1. The molecule has 0 spiro atoms. The maximum Gasteiger partial charge on any atom is 0.242 e. The van der Waals surface area contributed by atoms with Crippen molar-refractivity contribution in [3.05, 3.63) is 71.9 Å². The number of rotatable bonds is 7. The van der Waals surface area contributed by atoms with E-state index in [2.05, 4.69) is 46.3 Å². The molecule has 0 unspecified atom stereocenters. The lowest BCUT2D eigenvalue weighted by Crippen LogP contribution is -2.28. The minimum Gasteiger partial charge on any atom is -0.496 e. The number of likely N-dealkylation sites (tertiary alicyclic amines) is 1. The predicted molar refractivity (Wildman–Crippen MR) is 132 cm³/mol. The molecule has 0 bridgehead atoms. The molecule has 3 aromatic rings. The van der Waals surface area contributed by atoms with E-state index in [0.29, 0.717) is 11.8 Å². The molecule has 1 aromatic heterocycles. The summed E-state index contributed by atoms with van der Waals surface area (Å²) in [4.78, 5) is 6.33. The Morgan fingerprint density at radius 1 is 1.03 bits per heavy atom. The number of nitrogens with one attached hydrogen (secondary N) is 1. The summed E-state index contributed by atoms with van der Waals surface area (Å²) in [6.07, 6.45) is 4.88. The van der Waals surface area contributed by atoms with Crippen LogP contribution in [0.1, 0.15) is 43.0 Å². The second-order valence-corrected chi connectivity index (χ2v) is 10.9. The molecule has 1 saturated heterocycles. The van der Waals surface area contributed by atoms with Crippen LogP contribution in [0.15, 0.2) is 65.6 Å². The molecule has 1 atom stereocenters. The van der Waals surface area contributed by atoms with Gasteiger partial charge in [-0.3, -0.25) is 4.90 Å². The van der Waals surface area contributed by atoms with Gasteiger partial charge in [0.15, 0.2) is 0 Å². The zero-order valence-electron chi connectivity index (χ0n) is 19.6. The largest absolute Gasteiger partial charge is 0.496 e. The average molecular weight is 468 g/mol. The van der Waals surface area contributed by atoms with Crippen molar-refractivity contribution in [1.29, 1.82) is 0 Å². The van der Waals surface area contributed by atoms with Crippen molar-refractivity contribution in [3.63, 3.8) is 0 Å². The molecule has 1 aliphatic heterocycles. The van der Waals surface area contributed by atoms with Gasteiger partial charge in [-0.15, -0.1) is 0 Å². The normalized spacial score (nSPS) is 17.8. The number of aromatic nitrogens is 1. The molecule has 4 rings (SSSR count). The number of hydrogen-bond donors (Lipinski definition) is 1. The third kappa shape index (κ3) is 5.16. The van der Waals surface area contributed by atoms with Crippen molar-refractivity contribution in [2.75, 3.05) is 27.7 Å². The Morgan fingerprint density at radius 2 is 1.82 bits per heavy atom. The third-order valence-corrected chi connectivity index (χ3v) is 8.22. The van der Waals surface area contributed by atoms with Gasteiger partial charge in [0, 0.05) is 43.6 Å². The minimum atomic E-state index is -3.53. The Labute approximate surface area is 197 Å². The highest BCUT2D eigenvalue weighted by Gasteiger charge is 2.24. The van der Waals surface area contributed by atoms with Gasteiger partial charge in [-0.1, -0.05) is 43.2 Å². The first-order valence-corrected chi connectivity index (χ1v) is 12.9. The Hall–Kier alpha value is -2.61. The van der Waals surface area contributed by atoms with E-state index in [-0.39, 0.29) is 4.90 Å². The van der Waals surface area contributed by atoms with Gasteiger partial charge in [0.25, 0.3) is 0 Å². The van der Waals surface area contributed by atoms with Crippen molar-refractivity contribution >= 4 is 10.0 Å². The van der Waals surface area contributed by atoms with E-state index < -0.39 is 10.0 Å². The molecule has 0 radical (unpaired) electrons. The molecule has 0 amide bonds. The molecule has 1 aliphatic rings. The molecule has 176 valence electrons. The molecule has 2 heterocycles. The molecule has 1 N–H and O–H groups in total. The Balaban J connectivity index is 1.62. The molecular formula is C26H33N3O3S. The molecule has 33 heavy (non-hydrogen) atoms. The van der Waals surface area contributed by atoms with Crippen LogP contribution in [-0.4, -0.2) is 50.4 Å². The van der Waals surface area contributed by atoms with Crippen LogP contribution in [0.4, 0.5) is 0 Å². The first-order valence-electron chi connectivity index (χ1n) is 11.5. The van der Waals surface area contributed by atoms with Crippen molar-refractivity contribution in [2.45, 2.75) is 43.2 Å². The quantitative estimate of drug-likeness (QED) is 0.528. The zero-order valence-corrected chi connectivity index (χ0v) is 20.4. The van der Waals surface area contributed by atoms with Crippen molar-refractivity contribution in [3.8, 4) is 17.0 Å². The van der Waals surface area contributed by atoms with Gasteiger partial charge < -0.3 is 9.72 Å². The maximum atomic E-state index is 12.7. The fraction of sp³-hybridized carbons (Fsp3) is 0.385. The number of sulfonamides is 1. The van der Waals surface area contributed by atoms with Gasteiger partial charge in [-0.05, 0) is 55.3 Å². The topological polar surface area (TPSA) is 65.6 Å². The second-order valence-electron chi connectivity index (χ2n) is 8.79. The minimum absolute atomic E-state index is 0.246. The van der Waals surface area contributed by atoms with Crippen LogP contribution < -0.4 is 4.74 Å². The van der Waals surface area contributed by atoms with Gasteiger partial charge in [-0.2, -0.15) is 0 Å². The summed E-state index contributed by atoms with van der Waals surface area (Å²) in [5.74, 6) is 0.637. The summed E-state index contributed by atoms with van der Waals surface area (Å²) < 4.78 is 32.1. The highest BCUT2D eigenvalue weighted by atomic mass is 32.2. The summed E-state index contributed by atoms with van der Waals surface area (Å²) in [5, 5.41) is 0. The number of aromatic amines is 1. The van der Waals surface area contributed by atoms with Crippen molar-refractivity contribution in [2.24, 2.45) is 0 Å². The lowest BCUT2D eigenvalue weighted by molar-refractivity contribution is 0.190. The highest BCUT2D eigenvalue weighted by Crippen LogP contribution is 2.34. The zero-order chi connectivity index (χ0) is 23.4. The van der Waals surface area contributed by atoms with Crippen LogP contribution in [0.3, 0.4) is 0 Å². The SMILES string of the molecule is COc1ccc(S(=O)(=O)N(C)C)cc1-c1ccc(CN2CCCCC[C@@H]2c2ccccc2)[nH]1. The molecular weight excluding hydrogens is 434 g/mol. The number of ether oxygens (including phenoxy) is 1. The van der Waals surface area contributed by atoms with Crippen LogP contribution in [0.25, 0.3) is 11.3 Å². The van der Waals surface area contributed by atoms with Crippen LogP contribution in [0.2, 0.25) is 0 Å². The fourth-order valence-electron chi connectivity index (χ4n) is 4.59. The first-order chi connectivity index (χ1) is 15.9. The van der Waals surface area contributed by atoms with Crippen LogP contribution >= 0.6 is 0 Å². The Kier molecular flexibility index (Phi) is 7.22. The summed E-state index contributed by atoms with van der Waals surface area (Å²) in [5.41, 5.74) is 4.07. The summed E-state index contributed by atoms with van der Waals surface area (Å²) in [6.45, 7) is 1.88. The Bertz CT molecular complexity index is 1170. The van der Waals surface area contributed by atoms with E-state index in [9.17, 15) is 8.42 Å². The van der Waals surface area contributed by atoms with Crippen LogP contribution in [-0.2, 0) is 16.6 Å². The average Bonchev–Trinajstić information content (AvgIpc) is 3.16. The molecule has 1 fully saturated rings. The summed E-state index contributed by atoms with van der Waals surface area (Å²) >= 11 is 0. The molecule has 6 nitrogen and oxygen atoms in total. The lowest BCUT2D eigenvalue weighted by Gasteiger charge is -2.30. The van der Waals surface area contributed by atoms with Gasteiger partial charge in [0.05, 0.1) is 12.0 Å². The maximum absolute atomic E-state index is 12.7. The van der Waals surface area contributed by atoms with Gasteiger partial charge in [0.2, 0.25) is 10.0 Å². The second kappa shape index (κ2) is 10.1. The number of H-pyrrole nitrogens is 1. The third-order valence-electron chi connectivity index (χ3n) is 6.41. The van der Waals surface area contributed by atoms with Crippen LogP contribution in [0, 0.1) is 0 Å². The highest BCUT2D eigenvalue weighted by molar-refractivity contribution is 7.89. The van der Waals surface area contributed by atoms with Crippen molar-refractivity contribution in [1.82, 2.24) is 14.2 Å². The van der Waals surface area contributed by atoms with E-state index in [0.717, 1.165) is 36.5 Å². The van der Waals surface area contributed by atoms with Crippen molar-refractivity contribution < 1.29 is 13.2 Å². The summed E-state index contributed by atoms with van der Waals surface area (Å²) in [6, 6.07) is 20.2. The lowest BCUT2D eigenvalue weighted by atomic mass is 10.0. The smallest absolute Gasteiger partial charge is 0.242 e. The van der Waals surface area contributed by atoms with E-state index in [4.69, 9.17) is 4.74 Å². The molecule has 0 aliphatic carbocycles. The molecule has 0 saturated carbocycles. The van der Waals surface area contributed by atoms with Gasteiger partial charge in [-0.25, -0.2) is 12.7 Å². The van der Waals surface area contributed by atoms with E-state index in [1.54, 1.807) is 25.3 Å². The van der Waals surface area contributed by atoms with Crippen LogP contribution in [0.5, 0.6) is 5.75 Å². The van der Waals surface area contributed by atoms with E-state index in [1.165, 1.54) is 43.2 Å². The fourth-order valence-corrected chi connectivity index (χ4v) is 5.52. The van der Waals surface area contributed by atoms with Gasteiger partial charge >= 0.3 is 0 Å². The predicted octanol–water partition coefficient (Wildman–Crippen LogP) is 5.06. The number of hydrogen-bond acceptors (Lipinski definition) is 4. The van der Waals surface area contributed by atoms with E-state index >= 15 is 0 Å². The first kappa shape index (κ1) is 23.5. The number of benzene rings is 2. The van der Waals surface area contributed by atoms with Gasteiger partial charge in [0.1, 0.15) is 5.75 Å². The molecule has 2 aromatic carbocycles. The van der Waals surface area contributed by atoms with E-state index in [1.807, 2.05) is 6.07 Å². The monoisotopic (exact) mass is 467 g/mol. The number of nitrogens with zero attached hydrogens (tertiary/aromatic N) is 2. The summed E-state index contributed by atoms with van der Waals surface area (Å²) in [7, 11) is 1.14.